The number of carbonyl (C=O) groups is 1. The standard InChI is InChI=1S/C9H6FN3O2/c10-8-2-1-5(4-12-8)7-3-6(9(11)14)13-15-7/h1-4H,(H2,11,14). The minimum absolute atomic E-state index is 0.0225. The number of aromatic nitrogens is 2. The predicted molar refractivity (Wildman–Crippen MR) is 48.2 cm³/mol. The number of amides is 1. The summed E-state index contributed by atoms with van der Waals surface area (Å²) in [6, 6.07) is 4.02. The van der Waals surface area contributed by atoms with E-state index in [1.807, 2.05) is 0 Å². The molecule has 2 N–H and O–H groups in total. The van der Waals surface area contributed by atoms with Gasteiger partial charge in [0.2, 0.25) is 5.95 Å². The van der Waals surface area contributed by atoms with Gasteiger partial charge in [-0.25, -0.2) is 4.98 Å². The van der Waals surface area contributed by atoms with E-state index >= 15 is 0 Å². The molecule has 5 nitrogen and oxygen atoms in total. The molecule has 2 rings (SSSR count). The molecule has 0 fully saturated rings. The summed E-state index contributed by atoms with van der Waals surface area (Å²) >= 11 is 0. The Bertz CT molecular complexity index is 492. The highest BCUT2D eigenvalue weighted by atomic mass is 19.1. The second-order valence-electron chi connectivity index (χ2n) is 2.81. The Kier molecular flexibility index (Phi) is 2.17. The van der Waals surface area contributed by atoms with Gasteiger partial charge in [-0.15, -0.1) is 0 Å². The molecule has 0 aliphatic heterocycles. The third-order valence-electron chi connectivity index (χ3n) is 1.77. The van der Waals surface area contributed by atoms with Crippen molar-refractivity contribution in [2.75, 3.05) is 0 Å². The molecule has 0 bridgehead atoms. The molecule has 0 aliphatic carbocycles. The molecule has 15 heavy (non-hydrogen) atoms. The first kappa shape index (κ1) is 9.32. The number of carbonyl (C=O) groups excluding carboxylic acids is 1. The normalized spacial score (nSPS) is 10.2. The van der Waals surface area contributed by atoms with E-state index in [4.69, 9.17) is 10.3 Å². The first-order valence-corrected chi connectivity index (χ1v) is 4.05. The first-order chi connectivity index (χ1) is 7.16. The second kappa shape index (κ2) is 3.49. The largest absolute Gasteiger partial charge is 0.364 e. The van der Waals surface area contributed by atoms with Crippen LogP contribution in [0, 0.1) is 5.95 Å². The van der Waals surface area contributed by atoms with Crippen molar-refractivity contribution in [2.24, 2.45) is 5.73 Å². The summed E-state index contributed by atoms with van der Waals surface area (Å²) in [7, 11) is 0. The van der Waals surface area contributed by atoms with Crippen molar-refractivity contribution in [3.63, 3.8) is 0 Å². The molecule has 76 valence electrons. The summed E-state index contributed by atoms with van der Waals surface area (Å²) < 4.78 is 17.3. The van der Waals surface area contributed by atoms with Crippen molar-refractivity contribution in [3.05, 3.63) is 36.0 Å². The summed E-state index contributed by atoms with van der Waals surface area (Å²) in [6.45, 7) is 0. The van der Waals surface area contributed by atoms with Crippen LogP contribution >= 0.6 is 0 Å². The summed E-state index contributed by atoms with van der Waals surface area (Å²) in [6.07, 6.45) is 1.28. The van der Waals surface area contributed by atoms with E-state index < -0.39 is 11.9 Å². The average molecular weight is 207 g/mol. The SMILES string of the molecule is NC(=O)c1cc(-c2ccc(F)nc2)on1. The molecular weight excluding hydrogens is 201 g/mol. The fourth-order valence-electron chi connectivity index (χ4n) is 1.05. The number of pyridine rings is 1. The summed E-state index contributed by atoms with van der Waals surface area (Å²) in [5.74, 6) is -0.954. The number of rotatable bonds is 2. The molecular formula is C9H6FN3O2. The van der Waals surface area contributed by atoms with Crippen molar-refractivity contribution >= 4 is 5.91 Å². The first-order valence-electron chi connectivity index (χ1n) is 4.05. The number of nitrogens with two attached hydrogens (primary N) is 1. The van der Waals surface area contributed by atoms with Gasteiger partial charge in [0.15, 0.2) is 11.5 Å². The number of nitrogens with zero attached hydrogens (tertiary/aromatic N) is 2. The van der Waals surface area contributed by atoms with Gasteiger partial charge in [0.25, 0.3) is 5.91 Å². The van der Waals surface area contributed by atoms with Crippen LogP contribution in [-0.4, -0.2) is 16.0 Å². The maximum atomic E-state index is 12.5. The van der Waals surface area contributed by atoms with Crippen molar-refractivity contribution < 1.29 is 13.7 Å². The van der Waals surface area contributed by atoms with E-state index in [2.05, 4.69) is 10.1 Å². The van der Waals surface area contributed by atoms with Gasteiger partial charge in [-0.3, -0.25) is 4.79 Å². The number of primary amides is 1. The lowest BCUT2D eigenvalue weighted by molar-refractivity contribution is 0.0992. The van der Waals surface area contributed by atoms with E-state index in [9.17, 15) is 9.18 Å². The van der Waals surface area contributed by atoms with Gasteiger partial charge in [-0.05, 0) is 12.1 Å². The van der Waals surface area contributed by atoms with E-state index in [1.54, 1.807) is 0 Å². The molecule has 2 heterocycles. The monoisotopic (exact) mass is 207 g/mol. The maximum Gasteiger partial charge on any atom is 0.270 e. The topological polar surface area (TPSA) is 82.0 Å². The van der Waals surface area contributed by atoms with Gasteiger partial charge in [-0.2, -0.15) is 4.39 Å². The third-order valence-corrected chi connectivity index (χ3v) is 1.77. The predicted octanol–water partition coefficient (Wildman–Crippen LogP) is 0.975. The van der Waals surface area contributed by atoms with Gasteiger partial charge in [0.05, 0.1) is 0 Å². The molecule has 1 amide bonds. The number of hydrogen-bond donors (Lipinski definition) is 1. The Morgan fingerprint density at radius 2 is 2.27 bits per heavy atom. The molecule has 0 atom stereocenters. The zero-order valence-corrected chi connectivity index (χ0v) is 7.48. The molecule has 6 heteroatoms. The minimum atomic E-state index is -0.680. The molecule has 0 aromatic carbocycles. The number of hydrogen-bond acceptors (Lipinski definition) is 4. The second-order valence-corrected chi connectivity index (χ2v) is 2.81. The van der Waals surface area contributed by atoms with Crippen molar-refractivity contribution in [1.82, 2.24) is 10.1 Å². The quantitative estimate of drug-likeness (QED) is 0.744. The van der Waals surface area contributed by atoms with Crippen LogP contribution in [0.25, 0.3) is 11.3 Å². The highest BCUT2D eigenvalue weighted by molar-refractivity contribution is 5.91. The lowest BCUT2D eigenvalue weighted by Crippen LogP contribution is -2.10. The molecule has 0 saturated heterocycles. The van der Waals surface area contributed by atoms with Gasteiger partial charge < -0.3 is 10.3 Å². The average Bonchev–Trinajstić information content (AvgIpc) is 2.68. The highest BCUT2D eigenvalue weighted by Crippen LogP contribution is 2.18. The fraction of sp³-hybridized carbons (Fsp3) is 0. The Balaban J connectivity index is 2.37. The zero-order valence-electron chi connectivity index (χ0n) is 7.48. The molecule has 0 unspecified atom stereocenters. The Morgan fingerprint density at radius 3 is 2.80 bits per heavy atom. The van der Waals surface area contributed by atoms with Gasteiger partial charge in [0, 0.05) is 17.8 Å². The Hall–Kier alpha value is -2.24. The van der Waals surface area contributed by atoms with Crippen LogP contribution in [0.5, 0.6) is 0 Å². The molecule has 2 aromatic rings. The molecule has 0 saturated carbocycles. The van der Waals surface area contributed by atoms with Gasteiger partial charge in [0.1, 0.15) is 0 Å². The smallest absolute Gasteiger partial charge is 0.270 e. The molecule has 0 spiro atoms. The molecule has 0 aliphatic rings. The van der Waals surface area contributed by atoms with Crippen LogP contribution in [0.3, 0.4) is 0 Å². The fourth-order valence-corrected chi connectivity index (χ4v) is 1.05. The summed E-state index contributed by atoms with van der Waals surface area (Å²) in [4.78, 5) is 14.2. The van der Waals surface area contributed by atoms with Crippen molar-refractivity contribution in [1.29, 1.82) is 0 Å². The lowest BCUT2D eigenvalue weighted by atomic mass is 10.2. The van der Waals surface area contributed by atoms with Crippen molar-refractivity contribution in [2.45, 2.75) is 0 Å². The minimum Gasteiger partial charge on any atom is -0.364 e. The molecule has 0 radical (unpaired) electrons. The van der Waals surface area contributed by atoms with E-state index in [-0.39, 0.29) is 5.69 Å². The summed E-state index contributed by atoms with van der Waals surface area (Å²) in [5.41, 5.74) is 5.54. The van der Waals surface area contributed by atoms with E-state index in [0.717, 1.165) is 0 Å². The van der Waals surface area contributed by atoms with Crippen LogP contribution in [0.2, 0.25) is 0 Å². The number of halogens is 1. The van der Waals surface area contributed by atoms with Crippen LogP contribution in [-0.2, 0) is 0 Å². The summed E-state index contributed by atoms with van der Waals surface area (Å²) in [5, 5.41) is 3.44. The van der Waals surface area contributed by atoms with Crippen LogP contribution < -0.4 is 5.73 Å². The van der Waals surface area contributed by atoms with Gasteiger partial charge in [-0.1, -0.05) is 5.16 Å². The van der Waals surface area contributed by atoms with Gasteiger partial charge >= 0.3 is 0 Å². The molecule has 2 aromatic heterocycles. The lowest BCUT2D eigenvalue weighted by Gasteiger charge is -1.92. The van der Waals surface area contributed by atoms with Crippen LogP contribution in [0.1, 0.15) is 10.5 Å². The third kappa shape index (κ3) is 1.83. The highest BCUT2D eigenvalue weighted by Gasteiger charge is 2.10. The Morgan fingerprint density at radius 1 is 1.47 bits per heavy atom. The van der Waals surface area contributed by atoms with Crippen molar-refractivity contribution in [3.8, 4) is 11.3 Å². The van der Waals surface area contributed by atoms with Crippen LogP contribution in [0.15, 0.2) is 28.9 Å². The van der Waals surface area contributed by atoms with E-state index in [0.29, 0.717) is 11.3 Å². The van der Waals surface area contributed by atoms with E-state index in [1.165, 1.54) is 24.4 Å². The maximum absolute atomic E-state index is 12.5. The Labute approximate surface area is 83.7 Å². The van der Waals surface area contributed by atoms with Crippen LogP contribution in [0.4, 0.5) is 4.39 Å². The zero-order chi connectivity index (χ0) is 10.8.